The van der Waals surface area contributed by atoms with Crippen molar-refractivity contribution in [2.75, 3.05) is 14.1 Å². The number of furan rings is 1. The van der Waals surface area contributed by atoms with Crippen LogP contribution in [0.3, 0.4) is 0 Å². The molecule has 1 heterocycles. The Bertz CT molecular complexity index is 776. The Hall–Kier alpha value is -1.34. The molecule has 1 amide bonds. The third-order valence-electron chi connectivity index (χ3n) is 6.89. The van der Waals surface area contributed by atoms with E-state index in [1.165, 1.54) is 64.8 Å². The highest BCUT2D eigenvalue weighted by atomic mass is 32.2. The van der Waals surface area contributed by atoms with E-state index in [0.29, 0.717) is 0 Å². The van der Waals surface area contributed by atoms with Crippen molar-refractivity contribution in [1.82, 2.24) is 9.62 Å². The highest BCUT2D eigenvalue weighted by molar-refractivity contribution is 7.88. The average molecular weight is 381 g/mol. The van der Waals surface area contributed by atoms with Gasteiger partial charge in [-0.3, -0.25) is 4.79 Å². The topological polar surface area (TPSA) is 79.6 Å². The first-order valence-corrected chi connectivity index (χ1v) is 11.0. The molecule has 144 valence electrons. The van der Waals surface area contributed by atoms with E-state index < -0.39 is 10.0 Å². The molecule has 0 spiro atoms. The smallest absolute Gasteiger partial charge is 0.287 e. The van der Waals surface area contributed by atoms with Gasteiger partial charge < -0.3 is 9.73 Å². The second-order valence-electron chi connectivity index (χ2n) is 8.88. The number of carbonyl (C=O) groups excluding carboxylic acids is 1. The van der Waals surface area contributed by atoms with E-state index in [9.17, 15) is 13.2 Å². The number of nitrogens with zero attached hydrogens (tertiary/aromatic N) is 1. The molecule has 1 N–H and O–H groups in total. The number of sulfonamides is 1. The molecule has 26 heavy (non-hydrogen) atoms. The van der Waals surface area contributed by atoms with Gasteiger partial charge in [0.1, 0.15) is 0 Å². The van der Waals surface area contributed by atoms with E-state index in [0.717, 1.165) is 22.1 Å². The third-order valence-corrected chi connectivity index (χ3v) is 8.58. The Balaban J connectivity index is 1.48. The minimum absolute atomic E-state index is 0.0574. The first-order valence-electron chi connectivity index (χ1n) is 9.53. The maximum Gasteiger partial charge on any atom is 0.287 e. The lowest BCUT2D eigenvalue weighted by molar-refractivity contribution is -0.0689. The SMILES string of the molecule is C[C@@H](NC(=O)c1ccc(S(=O)(=O)N(C)C)o1)C12CC3CC(CC(C3)C1)C2. The fourth-order valence-corrected chi connectivity index (χ4v) is 6.68. The largest absolute Gasteiger partial charge is 0.438 e. The third kappa shape index (κ3) is 2.89. The van der Waals surface area contributed by atoms with Crippen molar-refractivity contribution in [3.63, 3.8) is 0 Å². The molecule has 4 fully saturated rings. The summed E-state index contributed by atoms with van der Waals surface area (Å²) in [6.45, 7) is 2.10. The molecule has 0 aromatic carbocycles. The molecule has 1 aromatic heterocycles. The molecule has 4 aliphatic carbocycles. The van der Waals surface area contributed by atoms with Crippen LogP contribution in [0.2, 0.25) is 0 Å². The quantitative estimate of drug-likeness (QED) is 0.852. The summed E-state index contributed by atoms with van der Waals surface area (Å²) in [5.74, 6) is 2.19. The average Bonchev–Trinajstić information content (AvgIpc) is 3.04. The predicted octanol–water partition coefficient (Wildman–Crippen LogP) is 2.86. The molecule has 0 radical (unpaired) electrons. The second-order valence-corrected chi connectivity index (χ2v) is 11.0. The summed E-state index contributed by atoms with van der Waals surface area (Å²) < 4.78 is 30.7. The fourth-order valence-electron chi connectivity index (χ4n) is 5.89. The summed E-state index contributed by atoms with van der Waals surface area (Å²) in [5.41, 5.74) is 0.204. The van der Waals surface area contributed by atoms with Crippen LogP contribution in [-0.2, 0) is 10.0 Å². The van der Waals surface area contributed by atoms with Gasteiger partial charge in [-0.25, -0.2) is 12.7 Å². The van der Waals surface area contributed by atoms with Crippen LogP contribution in [0.5, 0.6) is 0 Å². The zero-order valence-corrected chi connectivity index (χ0v) is 16.5. The monoisotopic (exact) mass is 380 g/mol. The normalized spacial score (nSPS) is 34.2. The van der Waals surface area contributed by atoms with Crippen molar-refractivity contribution in [2.45, 2.75) is 56.6 Å². The minimum atomic E-state index is -3.67. The van der Waals surface area contributed by atoms with Gasteiger partial charge in [-0.2, -0.15) is 0 Å². The van der Waals surface area contributed by atoms with Crippen molar-refractivity contribution in [2.24, 2.45) is 23.2 Å². The fraction of sp³-hybridized carbons (Fsp3) is 0.737. The molecular formula is C19H28N2O4S. The van der Waals surface area contributed by atoms with Crippen LogP contribution in [-0.4, -0.2) is 38.8 Å². The highest BCUT2D eigenvalue weighted by Crippen LogP contribution is 2.61. The molecule has 1 atom stereocenters. The van der Waals surface area contributed by atoms with Crippen molar-refractivity contribution >= 4 is 15.9 Å². The lowest BCUT2D eigenvalue weighted by Gasteiger charge is -2.59. The van der Waals surface area contributed by atoms with E-state index in [-0.39, 0.29) is 28.2 Å². The number of carbonyl (C=O) groups is 1. The van der Waals surface area contributed by atoms with Gasteiger partial charge in [-0.05, 0) is 80.8 Å². The van der Waals surface area contributed by atoms with Gasteiger partial charge in [0, 0.05) is 20.1 Å². The Morgan fingerprint density at radius 3 is 2.19 bits per heavy atom. The van der Waals surface area contributed by atoms with Crippen LogP contribution in [0.15, 0.2) is 21.6 Å². The number of amides is 1. The van der Waals surface area contributed by atoms with Gasteiger partial charge in [0.05, 0.1) is 0 Å². The first-order chi connectivity index (χ1) is 12.2. The summed E-state index contributed by atoms with van der Waals surface area (Å²) in [6, 6.07) is 2.86. The molecule has 4 aliphatic rings. The first kappa shape index (κ1) is 18.0. The van der Waals surface area contributed by atoms with E-state index in [1.807, 2.05) is 0 Å². The Labute approximate surface area is 155 Å². The van der Waals surface area contributed by atoms with Crippen LogP contribution in [0, 0.1) is 23.2 Å². The Morgan fingerprint density at radius 1 is 1.15 bits per heavy atom. The summed E-state index contributed by atoms with van der Waals surface area (Å²) in [7, 11) is -0.794. The summed E-state index contributed by atoms with van der Waals surface area (Å²) in [5, 5.41) is 2.91. The van der Waals surface area contributed by atoms with Crippen LogP contribution >= 0.6 is 0 Å². The van der Waals surface area contributed by atoms with Crippen LogP contribution in [0.1, 0.15) is 56.0 Å². The van der Waals surface area contributed by atoms with Crippen molar-refractivity contribution in [1.29, 1.82) is 0 Å². The Morgan fingerprint density at radius 2 is 1.69 bits per heavy atom. The maximum absolute atomic E-state index is 12.6. The second kappa shape index (κ2) is 6.09. The van der Waals surface area contributed by atoms with Crippen LogP contribution < -0.4 is 5.32 Å². The van der Waals surface area contributed by atoms with Crippen molar-refractivity contribution < 1.29 is 17.6 Å². The minimum Gasteiger partial charge on any atom is -0.438 e. The molecule has 4 saturated carbocycles. The van der Waals surface area contributed by atoms with E-state index in [1.54, 1.807) is 0 Å². The van der Waals surface area contributed by atoms with Gasteiger partial charge in [0.15, 0.2) is 5.76 Å². The molecule has 0 unspecified atom stereocenters. The van der Waals surface area contributed by atoms with Crippen LogP contribution in [0.25, 0.3) is 0 Å². The molecule has 0 aliphatic heterocycles. The zero-order valence-electron chi connectivity index (χ0n) is 15.7. The predicted molar refractivity (Wildman–Crippen MR) is 97.1 cm³/mol. The molecule has 7 heteroatoms. The summed E-state index contributed by atoms with van der Waals surface area (Å²) in [6.07, 6.45) is 7.72. The van der Waals surface area contributed by atoms with E-state index in [2.05, 4.69) is 12.2 Å². The standard InChI is InChI=1S/C19H28N2O4S/c1-12(19-9-13-6-14(10-19)8-15(7-13)11-19)20-18(22)16-4-5-17(25-16)26(23,24)21(2)3/h4-5,12-15H,6-11H2,1-3H3,(H,20,22)/t12-,13?,14?,15?,19?/m1/s1. The maximum atomic E-state index is 12.6. The molecular weight excluding hydrogens is 352 g/mol. The van der Waals surface area contributed by atoms with Crippen LogP contribution in [0.4, 0.5) is 0 Å². The van der Waals surface area contributed by atoms with Gasteiger partial charge in [-0.1, -0.05) is 0 Å². The van der Waals surface area contributed by atoms with Crippen molar-refractivity contribution in [3.8, 4) is 0 Å². The highest BCUT2D eigenvalue weighted by Gasteiger charge is 2.53. The van der Waals surface area contributed by atoms with E-state index >= 15 is 0 Å². The summed E-state index contributed by atoms with van der Waals surface area (Å²) in [4.78, 5) is 12.6. The van der Waals surface area contributed by atoms with Gasteiger partial charge in [0.25, 0.3) is 15.9 Å². The van der Waals surface area contributed by atoms with Gasteiger partial charge in [0.2, 0.25) is 5.09 Å². The van der Waals surface area contributed by atoms with Crippen molar-refractivity contribution in [3.05, 3.63) is 17.9 Å². The van der Waals surface area contributed by atoms with Gasteiger partial charge >= 0.3 is 0 Å². The molecule has 6 nitrogen and oxygen atoms in total. The molecule has 0 saturated heterocycles. The Kier molecular flexibility index (Phi) is 4.23. The lowest BCUT2D eigenvalue weighted by atomic mass is 9.48. The molecule has 1 aromatic rings. The zero-order chi connectivity index (χ0) is 18.7. The van der Waals surface area contributed by atoms with Gasteiger partial charge in [-0.15, -0.1) is 0 Å². The number of nitrogens with one attached hydrogen (secondary N) is 1. The molecule has 5 rings (SSSR count). The number of hydrogen-bond donors (Lipinski definition) is 1. The number of rotatable bonds is 5. The molecule has 4 bridgehead atoms. The van der Waals surface area contributed by atoms with E-state index in [4.69, 9.17) is 4.42 Å². The lowest BCUT2D eigenvalue weighted by Crippen LogP contribution is -2.55. The number of hydrogen-bond acceptors (Lipinski definition) is 4. The summed E-state index contributed by atoms with van der Waals surface area (Å²) >= 11 is 0.